The summed E-state index contributed by atoms with van der Waals surface area (Å²) >= 11 is 3.32. The van der Waals surface area contributed by atoms with Gasteiger partial charge in [-0.25, -0.2) is 13.2 Å². The fourth-order valence-corrected chi connectivity index (χ4v) is 4.74. The van der Waals surface area contributed by atoms with Crippen LogP contribution in [0.1, 0.15) is 15.9 Å². The van der Waals surface area contributed by atoms with Crippen molar-refractivity contribution in [3.05, 3.63) is 64.1 Å². The van der Waals surface area contributed by atoms with Crippen LogP contribution in [-0.2, 0) is 21.3 Å². The number of hydrogen-bond acceptors (Lipinski definition) is 5. The van der Waals surface area contributed by atoms with Gasteiger partial charge in [0.2, 0.25) is 10.0 Å². The monoisotopic (exact) mass is 452 g/mol. The molecule has 27 heavy (non-hydrogen) atoms. The molecule has 1 heterocycles. The molecule has 0 spiro atoms. The predicted molar refractivity (Wildman–Crippen MR) is 106 cm³/mol. The number of sulfonamides is 1. The van der Waals surface area contributed by atoms with Crippen LogP contribution in [0.15, 0.2) is 57.9 Å². The Morgan fingerprint density at radius 3 is 2.37 bits per heavy atom. The summed E-state index contributed by atoms with van der Waals surface area (Å²) in [5, 5.41) is 0. The minimum absolute atomic E-state index is 0.310. The molecular formula is C19H21BrN2O4S. The van der Waals surface area contributed by atoms with Crippen molar-refractivity contribution >= 4 is 31.9 Å². The quantitative estimate of drug-likeness (QED) is 0.652. The zero-order chi connectivity index (χ0) is 19.4. The number of benzene rings is 2. The molecule has 144 valence electrons. The van der Waals surface area contributed by atoms with E-state index in [9.17, 15) is 13.2 Å². The van der Waals surface area contributed by atoms with Crippen LogP contribution in [0.25, 0.3) is 0 Å². The standard InChI is InChI=1S/C19H21BrN2O4S/c1-26-19(23)16-4-2-3-15(13-16)14-21-9-11-22(12-10-21)27(24,25)18-7-5-17(20)6-8-18/h2-8,13H,9-12,14H2,1H3. The van der Waals surface area contributed by atoms with Crippen molar-refractivity contribution in [3.8, 4) is 0 Å². The number of rotatable bonds is 5. The van der Waals surface area contributed by atoms with Crippen molar-refractivity contribution < 1.29 is 17.9 Å². The Morgan fingerprint density at radius 2 is 1.74 bits per heavy atom. The van der Waals surface area contributed by atoms with Gasteiger partial charge in [-0.05, 0) is 42.0 Å². The molecule has 0 bridgehead atoms. The number of esters is 1. The summed E-state index contributed by atoms with van der Waals surface area (Å²) in [7, 11) is -2.11. The topological polar surface area (TPSA) is 66.9 Å². The van der Waals surface area contributed by atoms with Gasteiger partial charge in [0, 0.05) is 37.2 Å². The molecule has 1 aliphatic heterocycles. The lowest BCUT2D eigenvalue weighted by Gasteiger charge is -2.34. The van der Waals surface area contributed by atoms with E-state index in [0.717, 1.165) is 10.0 Å². The van der Waals surface area contributed by atoms with Crippen LogP contribution in [0.4, 0.5) is 0 Å². The number of piperazine rings is 1. The smallest absolute Gasteiger partial charge is 0.337 e. The third kappa shape index (κ3) is 4.76. The number of ether oxygens (including phenoxy) is 1. The summed E-state index contributed by atoms with van der Waals surface area (Å²) in [5.41, 5.74) is 1.52. The second kappa shape index (κ2) is 8.52. The van der Waals surface area contributed by atoms with E-state index in [2.05, 4.69) is 20.8 Å². The lowest BCUT2D eigenvalue weighted by atomic mass is 10.1. The molecule has 0 radical (unpaired) electrons. The Bertz CT molecular complexity index is 908. The van der Waals surface area contributed by atoms with E-state index >= 15 is 0 Å². The molecule has 1 aliphatic rings. The van der Waals surface area contributed by atoms with Gasteiger partial charge < -0.3 is 4.74 Å². The van der Waals surface area contributed by atoms with Crippen LogP contribution in [0, 0.1) is 0 Å². The number of hydrogen-bond donors (Lipinski definition) is 0. The van der Waals surface area contributed by atoms with Crippen LogP contribution in [0.3, 0.4) is 0 Å². The highest BCUT2D eigenvalue weighted by molar-refractivity contribution is 9.10. The Kier molecular flexibility index (Phi) is 6.31. The van der Waals surface area contributed by atoms with Gasteiger partial charge in [-0.2, -0.15) is 4.31 Å². The van der Waals surface area contributed by atoms with Crippen LogP contribution < -0.4 is 0 Å². The van der Waals surface area contributed by atoms with E-state index in [1.807, 2.05) is 18.2 Å². The van der Waals surface area contributed by atoms with Gasteiger partial charge in [0.05, 0.1) is 17.6 Å². The first-order valence-corrected chi connectivity index (χ1v) is 10.8. The number of nitrogens with zero attached hydrogens (tertiary/aromatic N) is 2. The van der Waals surface area contributed by atoms with Crippen LogP contribution >= 0.6 is 15.9 Å². The van der Waals surface area contributed by atoms with Crippen LogP contribution in [0.5, 0.6) is 0 Å². The Labute approximate surface area is 167 Å². The fourth-order valence-electron chi connectivity index (χ4n) is 3.06. The number of carbonyl (C=O) groups is 1. The Morgan fingerprint density at radius 1 is 1.07 bits per heavy atom. The van der Waals surface area contributed by atoms with Gasteiger partial charge in [0.15, 0.2) is 0 Å². The zero-order valence-electron chi connectivity index (χ0n) is 15.0. The van der Waals surface area contributed by atoms with Gasteiger partial charge in [0.25, 0.3) is 0 Å². The van der Waals surface area contributed by atoms with Crippen molar-refractivity contribution in [1.82, 2.24) is 9.21 Å². The summed E-state index contributed by atoms with van der Waals surface area (Å²) in [6.07, 6.45) is 0. The van der Waals surface area contributed by atoms with Gasteiger partial charge >= 0.3 is 5.97 Å². The normalized spacial score (nSPS) is 16.2. The summed E-state index contributed by atoms with van der Waals surface area (Å²) in [6, 6.07) is 14.0. The van der Waals surface area contributed by atoms with Crippen molar-refractivity contribution in [1.29, 1.82) is 0 Å². The van der Waals surface area contributed by atoms with Gasteiger partial charge in [-0.3, -0.25) is 4.90 Å². The van der Waals surface area contributed by atoms with E-state index in [1.165, 1.54) is 11.4 Å². The molecular weight excluding hydrogens is 432 g/mol. The molecule has 3 rings (SSSR count). The van der Waals surface area contributed by atoms with Gasteiger partial charge in [-0.15, -0.1) is 0 Å². The minimum Gasteiger partial charge on any atom is -0.465 e. The third-order valence-electron chi connectivity index (χ3n) is 4.54. The lowest BCUT2D eigenvalue weighted by Crippen LogP contribution is -2.48. The van der Waals surface area contributed by atoms with E-state index in [1.54, 1.807) is 30.3 Å². The molecule has 1 saturated heterocycles. The van der Waals surface area contributed by atoms with Crippen molar-refractivity contribution in [2.45, 2.75) is 11.4 Å². The largest absolute Gasteiger partial charge is 0.465 e. The average Bonchev–Trinajstić information content (AvgIpc) is 2.68. The first-order chi connectivity index (χ1) is 12.9. The van der Waals surface area contributed by atoms with Gasteiger partial charge in [-0.1, -0.05) is 28.1 Å². The number of halogens is 1. The Balaban J connectivity index is 1.62. The highest BCUT2D eigenvalue weighted by Crippen LogP contribution is 2.21. The summed E-state index contributed by atoms with van der Waals surface area (Å²) in [6.45, 7) is 2.82. The molecule has 0 atom stereocenters. The van der Waals surface area contributed by atoms with Crippen molar-refractivity contribution in [3.63, 3.8) is 0 Å². The molecule has 0 unspecified atom stereocenters. The molecule has 8 heteroatoms. The second-order valence-corrected chi connectivity index (χ2v) is 9.18. The molecule has 0 aliphatic carbocycles. The minimum atomic E-state index is -3.47. The molecule has 2 aromatic rings. The van der Waals surface area contributed by atoms with Crippen molar-refractivity contribution in [2.75, 3.05) is 33.3 Å². The first-order valence-electron chi connectivity index (χ1n) is 8.55. The molecule has 0 aromatic heterocycles. The molecule has 0 saturated carbocycles. The van der Waals surface area contributed by atoms with Crippen LogP contribution in [-0.4, -0.2) is 56.9 Å². The maximum absolute atomic E-state index is 12.8. The fraction of sp³-hybridized carbons (Fsp3) is 0.316. The SMILES string of the molecule is COC(=O)c1cccc(CN2CCN(S(=O)(=O)c3ccc(Br)cc3)CC2)c1. The summed E-state index contributed by atoms with van der Waals surface area (Å²) in [4.78, 5) is 14.1. The highest BCUT2D eigenvalue weighted by Gasteiger charge is 2.28. The third-order valence-corrected chi connectivity index (χ3v) is 6.98. The Hall–Kier alpha value is -1.74. The molecule has 0 amide bonds. The number of methoxy groups -OCH3 is 1. The second-order valence-electron chi connectivity index (χ2n) is 6.33. The molecule has 2 aromatic carbocycles. The van der Waals surface area contributed by atoms with Gasteiger partial charge in [0.1, 0.15) is 0 Å². The average molecular weight is 453 g/mol. The van der Waals surface area contributed by atoms with E-state index in [0.29, 0.717) is 43.2 Å². The zero-order valence-corrected chi connectivity index (χ0v) is 17.4. The molecule has 6 nitrogen and oxygen atoms in total. The predicted octanol–water partition coefficient (Wildman–Crippen LogP) is 2.74. The van der Waals surface area contributed by atoms with E-state index in [4.69, 9.17) is 4.74 Å². The lowest BCUT2D eigenvalue weighted by molar-refractivity contribution is 0.0600. The molecule has 0 N–H and O–H groups in total. The van der Waals surface area contributed by atoms with E-state index < -0.39 is 10.0 Å². The number of carbonyl (C=O) groups excluding carboxylic acids is 1. The maximum Gasteiger partial charge on any atom is 0.337 e. The highest BCUT2D eigenvalue weighted by atomic mass is 79.9. The van der Waals surface area contributed by atoms with Crippen LogP contribution in [0.2, 0.25) is 0 Å². The summed E-state index contributed by atoms with van der Waals surface area (Å²) in [5.74, 6) is -0.359. The summed E-state index contributed by atoms with van der Waals surface area (Å²) < 4.78 is 32.6. The first kappa shape index (κ1) is 20.0. The van der Waals surface area contributed by atoms with Crippen molar-refractivity contribution in [2.24, 2.45) is 0 Å². The maximum atomic E-state index is 12.8. The van der Waals surface area contributed by atoms with E-state index in [-0.39, 0.29) is 5.97 Å². The molecule has 1 fully saturated rings.